The Morgan fingerprint density at radius 1 is 1.12 bits per heavy atom. The van der Waals surface area contributed by atoms with Crippen LogP contribution in [0.5, 0.6) is 0 Å². The van der Waals surface area contributed by atoms with Gasteiger partial charge >= 0.3 is 0 Å². The van der Waals surface area contributed by atoms with E-state index in [1.54, 1.807) is 18.2 Å². The molecule has 7 heteroatoms. The lowest BCUT2D eigenvalue weighted by Crippen LogP contribution is -2.50. The Balaban J connectivity index is 1.57. The summed E-state index contributed by atoms with van der Waals surface area (Å²) in [5.74, 6) is 0.0417. The molecule has 5 nitrogen and oxygen atoms in total. The number of nitrogens with zero attached hydrogens (tertiary/aromatic N) is 2. The van der Waals surface area contributed by atoms with Crippen LogP contribution in [-0.2, 0) is 9.53 Å². The standard InChI is InChI=1S/C18H25Cl2N3O2/c19-15-5-4-14(13-16(15)20)21-18(24)17-3-1-2-6-23(17)8-7-22-9-11-25-12-10-22/h4-5,13,17H,1-3,6-12H2,(H,21,24). The number of halogens is 2. The number of amides is 1. The monoisotopic (exact) mass is 385 g/mol. The van der Waals surface area contributed by atoms with Crippen molar-refractivity contribution in [2.45, 2.75) is 25.3 Å². The lowest BCUT2D eigenvalue weighted by atomic mass is 10.0. The summed E-state index contributed by atoms with van der Waals surface area (Å²) in [5.41, 5.74) is 0.693. The fourth-order valence-corrected chi connectivity index (χ4v) is 3.75. The topological polar surface area (TPSA) is 44.8 Å². The summed E-state index contributed by atoms with van der Waals surface area (Å²) in [6.45, 7) is 6.45. The molecule has 1 aromatic rings. The van der Waals surface area contributed by atoms with Gasteiger partial charge in [-0.15, -0.1) is 0 Å². The van der Waals surface area contributed by atoms with Gasteiger partial charge in [-0.3, -0.25) is 14.6 Å². The second-order valence-corrected chi connectivity index (χ2v) is 7.43. The van der Waals surface area contributed by atoms with Crippen molar-refractivity contribution in [2.75, 3.05) is 51.3 Å². The summed E-state index contributed by atoms with van der Waals surface area (Å²) in [6.07, 6.45) is 3.14. The van der Waals surface area contributed by atoms with Crippen molar-refractivity contribution >= 4 is 34.8 Å². The molecule has 0 spiro atoms. The SMILES string of the molecule is O=C(Nc1ccc(Cl)c(Cl)c1)C1CCCCN1CCN1CCOCC1. The minimum atomic E-state index is -0.0794. The van der Waals surface area contributed by atoms with Gasteiger partial charge in [0.15, 0.2) is 0 Å². The smallest absolute Gasteiger partial charge is 0.241 e. The Hall–Kier alpha value is -0.850. The molecule has 1 unspecified atom stereocenters. The highest BCUT2D eigenvalue weighted by atomic mass is 35.5. The van der Waals surface area contributed by atoms with Crippen molar-refractivity contribution in [1.82, 2.24) is 9.80 Å². The number of ether oxygens (including phenoxy) is 1. The number of nitrogens with one attached hydrogen (secondary N) is 1. The third-order valence-corrected chi connectivity index (χ3v) is 5.65. The molecule has 0 aliphatic carbocycles. The van der Waals surface area contributed by atoms with E-state index in [1.165, 1.54) is 0 Å². The van der Waals surface area contributed by atoms with E-state index in [1.807, 2.05) is 0 Å². The Labute approximate surface area is 159 Å². The number of hydrogen-bond acceptors (Lipinski definition) is 4. The van der Waals surface area contributed by atoms with Gasteiger partial charge in [-0.25, -0.2) is 0 Å². The zero-order valence-corrected chi connectivity index (χ0v) is 15.9. The van der Waals surface area contributed by atoms with Crippen LogP contribution in [0.2, 0.25) is 10.0 Å². The van der Waals surface area contributed by atoms with Gasteiger partial charge < -0.3 is 10.1 Å². The Morgan fingerprint density at radius 2 is 1.92 bits per heavy atom. The van der Waals surface area contributed by atoms with E-state index in [-0.39, 0.29) is 11.9 Å². The molecule has 25 heavy (non-hydrogen) atoms. The molecule has 1 N–H and O–H groups in total. The Kier molecular flexibility index (Phi) is 6.96. The Morgan fingerprint density at radius 3 is 2.68 bits per heavy atom. The normalized spacial score (nSPS) is 22.7. The predicted molar refractivity (Wildman–Crippen MR) is 102 cm³/mol. The molecular formula is C18H25Cl2N3O2. The zero-order chi connectivity index (χ0) is 17.6. The number of carbonyl (C=O) groups is 1. The molecule has 0 radical (unpaired) electrons. The van der Waals surface area contributed by atoms with E-state index >= 15 is 0 Å². The lowest BCUT2D eigenvalue weighted by molar-refractivity contribution is -0.122. The van der Waals surface area contributed by atoms with Crippen LogP contribution in [0.15, 0.2) is 18.2 Å². The van der Waals surface area contributed by atoms with E-state index in [0.717, 1.165) is 65.2 Å². The third-order valence-electron chi connectivity index (χ3n) is 4.91. The number of rotatable bonds is 5. The Bertz CT molecular complexity index is 594. The lowest BCUT2D eigenvalue weighted by Gasteiger charge is -2.36. The summed E-state index contributed by atoms with van der Waals surface area (Å²) in [6, 6.07) is 5.11. The van der Waals surface area contributed by atoms with E-state index in [9.17, 15) is 4.79 Å². The number of piperidine rings is 1. The highest BCUT2D eigenvalue weighted by Crippen LogP contribution is 2.26. The first kappa shape index (κ1) is 18.9. The molecular weight excluding hydrogens is 361 g/mol. The number of morpholine rings is 1. The zero-order valence-electron chi connectivity index (χ0n) is 14.3. The van der Waals surface area contributed by atoms with Crippen LogP contribution in [0.1, 0.15) is 19.3 Å². The fraction of sp³-hybridized carbons (Fsp3) is 0.611. The number of hydrogen-bond donors (Lipinski definition) is 1. The first-order valence-electron chi connectivity index (χ1n) is 8.93. The van der Waals surface area contributed by atoms with Gasteiger partial charge in [0.25, 0.3) is 0 Å². The quantitative estimate of drug-likeness (QED) is 0.845. The first-order valence-corrected chi connectivity index (χ1v) is 9.69. The maximum absolute atomic E-state index is 12.8. The van der Waals surface area contributed by atoms with Gasteiger partial charge in [-0.2, -0.15) is 0 Å². The van der Waals surface area contributed by atoms with Crippen molar-refractivity contribution in [2.24, 2.45) is 0 Å². The summed E-state index contributed by atoms with van der Waals surface area (Å²) < 4.78 is 5.40. The largest absolute Gasteiger partial charge is 0.379 e. The number of carbonyl (C=O) groups excluding carboxylic acids is 1. The fourth-order valence-electron chi connectivity index (χ4n) is 3.45. The van der Waals surface area contributed by atoms with Gasteiger partial charge in [-0.1, -0.05) is 29.6 Å². The predicted octanol–water partition coefficient (Wildman–Crippen LogP) is 3.12. The van der Waals surface area contributed by atoms with Crippen LogP contribution in [0.4, 0.5) is 5.69 Å². The summed E-state index contributed by atoms with van der Waals surface area (Å²) in [5, 5.41) is 3.93. The van der Waals surface area contributed by atoms with Crippen molar-refractivity contribution < 1.29 is 9.53 Å². The van der Waals surface area contributed by atoms with Crippen molar-refractivity contribution in [3.63, 3.8) is 0 Å². The molecule has 0 aromatic heterocycles. The van der Waals surface area contributed by atoms with Crippen LogP contribution >= 0.6 is 23.2 Å². The second kappa shape index (κ2) is 9.19. The molecule has 2 aliphatic rings. The maximum atomic E-state index is 12.8. The summed E-state index contributed by atoms with van der Waals surface area (Å²) >= 11 is 12.0. The van der Waals surface area contributed by atoms with E-state index in [2.05, 4.69) is 15.1 Å². The van der Waals surface area contributed by atoms with Gasteiger partial charge in [0.2, 0.25) is 5.91 Å². The summed E-state index contributed by atoms with van der Waals surface area (Å²) in [4.78, 5) is 17.5. The molecule has 2 saturated heterocycles. The highest BCUT2D eigenvalue weighted by Gasteiger charge is 2.29. The molecule has 2 heterocycles. The molecule has 0 saturated carbocycles. The van der Waals surface area contributed by atoms with E-state index < -0.39 is 0 Å². The van der Waals surface area contributed by atoms with Crippen LogP contribution in [0, 0.1) is 0 Å². The van der Waals surface area contributed by atoms with E-state index in [0.29, 0.717) is 15.7 Å². The molecule has 1 atom stereocenters. The molecule has 3 rings (SSSR count). The molecule has 1 aromatic carbocycles. The molecule has 0 bridgehead atoms. The number of likely N-dealkylation sites (tertiary alicyclic amines) is 1. The van der Waals surface area contributed by atoms with Crippen molar-refractivity contribution in [1.29, 1.82) is 0 Å². The average molecular weight is 386 g/mol. The maximum Gasteiger partial charge on any atom is 0.241 e. The summed E-state index contributed by atoms with van der Waals surface area (Å²) in [7, 11) is 0. The first-order chi connectivity index (χ1) is 12.1. The molecule has 1 amide bonds. The average Bonchev–Trinajstić information content (AvgIpc) is 2.64. The second-order valence-electron chi connectivity index (χ2n) is 6.62. The van der Waals surface area contributed by atoms with Crippen molar-refractivity contribution in [3.8, 4) is 0 Å². The minimum absolute atomic E-state index is 0.0417. The minimum Gasteiger partial charge on any atom is -0.379 e. The van der Waals surface area contributed by atoms with Gasteiger partial charge in [-0.05, 0) is 37.6 Å². The third kappa shape index (κ3) is 5.31. The van der Waals surface area contributed by atoms with Crippen LogP contribution in [0.3, 0.4) is 0 Å². The van der Waals surface area contributed by atoms with Crippen LogP contribution in [0.25, 0.3) is 0 Å². The number of benzene rings is 1. The molecule has 2 fully saturated rings. The van der Waals surface area contributed by atoms with Crippen LogP contribution < -0.4 is 5.32 Å². The van der Waals surface area contributed by atoms with E-state index in [4.69, 9.17) is 27.9 Å². The van der Waals surface area contributed by atoms with Gasteiger partial charge in [0.1, 0.15) is 0 Å². The van der Waals surface area contributed by atoms with Crippen LogP contribution in [-0.4, -0.2) is 67.7 Å². The molecule has 2 aliphatic heterocycles. The molecule has 138 valence electrons. The van der Waals surface area contributed by atoms with Gasteiger partial charge in [0, 0.05) is 31.9 Å². The highest BCUT2D eigenvalue weighted by molar-refractivity contribution is 6.42. The van der Waals surface area contributed by atoms with Gasteiger partial charge in [0.05, 0.1) is 29.3 Å². The van der Waals surface area contributed by atoms with Crippen molar-refractivity contribution in [3.05, 3.63) is 28.2 Å². The number of anilines is 1.